The molecule has 0 aliphatic carbocycles. The summed E-state index contributed by atoms with van der Waals surface area (Å²) in [6.07, 6.45) is 5.02. The van der Waals surface area contributed by atoms with E-state index in [-0.39, 0.29) is 116 Å². The van der Waals surface area contributed by atoms with Crippen molar-refractivity contribution >= 4 is 22.1 Å². The molecule has 7 nitrogen and oxygen atoms in total. The SMILES string of the molecule is CCCCCCC(CCCCCC)(C(=O)[O-])C(C(=O)[O-])S(=O)(=O)O.[K+].[K+]. The zero-order valence-electron chi connectivity index (χ0n) is 16.5. The number of carboxylic acids is 2. The average molecular weight is 443 g/mol. The van der Waals surface area contributed by atoms with Crippen LogP contribution >= 0.6 is 0 Å². The zero-order chi connectivity index (χ0) is 18.8. The third-order valence-electron chi connectivity index (χ3n) is 4.37. The first-order valence-electron chi connectivity index (χ1n) is 8.52. The van der Waals surface area contributed by atoms with Crippen LogP contribution in [0.25, 0.3) is 0 Å². The Labute approximate surface area is 242 Å². The van der Waals surface area contributed by atoms with Gasteiger partial charge in [-0.3, -0.25) is 4.55 Å². The first-order chi connectivity index (χ1) is 11.1. The molecule has 1 unspecified atom stereocenters. The van der Waals surface area contributed by atoms with E-state index in [1.165, 1.54) is 0 Å². The molecule has 0 radical (unpaired) electrons. The van der Waals surface area contributed by atoms with Crippen LogP contribution in [0.5, 0.6) is 0 Å². The molecule has 0 aromatic rings. The standard InChI is InChI=1S/C16H30O7S.2K/c1-3-5-7-9-11-16(15(19)20,12-10-8-6-4-2)13(14(17)18)24(21,22)23;;/h13H,3-12H2,1-2H3,(H,17,18)(H,19,20)(H,21,22,23);;/q;2*+1/p-2. The molecule has 0 spiro atoms. The molecule has 0 fully saturated rings. The zero-order valence-corrected chi connectivity index (χ0v) is 23.5. The van der Waals surface area contributed by atoms with Gasteiger partial charge in [0.2, 0.25) is 0 Å². The van der Waals surface area contributed by atoms with E-state index in [1.807, 2.05) is 13.8 Å². The molecular weight excluding hydrogens is 414 g/mol. The van der Waals surface area contributed by atoms with E-state index >= 15 is 0 Å². The van der Waals surface area contributed by atoms with Gasteiger partial charge in [0, 0.05) is 11.4 Å². The van der Waals surface area contributed by atoms with Gasteiger partial charge in [0.15, 0.2) is 0 Å². The quantitative estimate of drug-likeness (QED) is 0.161. The number of carboxylic acid groups (broad SMARTS) is 2. The van der Waals surface area contributed by atoms with Crippen LogP contribution in [0.15, 0.2) is 0 Å². The third-order valence-corrected chi connectivity index (χ3v) is 5.61. The molecule has 0 amide bonds. The fourth-order valence-corrected chi connectivity index (χ4v) is 4.21. The normalized spacial score (nSPS) is 12.6. The minimum absolute atomic E-state index is 0. The maximum atomic E-state index is 11.8. The predicted molar refractivity (Wildman–Crippen MR) is 85.3 cm³/mol. The minimum atomic E-state index is -5.14. The number of aliphatic carboxylic acids is 2. The Morgan fingerprint density at radius 3 is 1.50 bits per heavy atom. The molecule has 0 aliphatic heterocycles. The van der Waals surface area contributed by atoms with Gasteiger partial charge < -0.3 is 19.8 Å². The van der Waals surface area contributed by atoms with E-state index in [2.05, 4.69) is 0 Å². The van der Waals surface area contributed by atoms with Gasteiger partial charge in [-0.25, -0.2) is 0 Å². The summed E-state index contributed by atoms with van der Waals surface area (Å²) in [5, 5.41) is 20.6. The number of carbonyl (C=O) groups is 2. The van der Waals surface area contributed by atoms with Crippen LogP contribution in [0.1, 0.15) is 78.1 Å². The fraction of sp³-hybridized carbons (Fsp3) is 0.875. The summed E-state index contributed by atoms with van der Waals surface area (Å²) < 4.78 is 32.4. The van der Waals surface area contributed by atoms with Crippen molar-refractivity contribution in [1.29, 1.82) is 0 Å². The molecule has 26 heavy (non-hydrogen) atoms. The summed E-state index contributed by atoms with van der Waals surface area (Å²) in [5.74, 6) is -3.87. The maximum Gasteiger partial charge on any atom is 1.00 e. The van der Waals surface area contributed by atoms with E-state index in [9.17, 15) is 32.8 Å². The van der Waals surface area contributed by atoms with Gasteiger partial charge in [-0.15, -0.1) is 0 Å². The molecule has 0 rings (SSSR count). The van der Waals surface area contributed by atoms with Crippen molar-refractivity contribution in [3.05, 3.63) is 0 Å². The average Bonchev–Trinajstić information content (AvgIpc) is 2.45. The topological polar surface area (TPSA) is 135 Å². The first-order valence-corrected chi connectivity index (χ1v) is 10.0. The summed E-state index contributed by atoms with van der Waals surface area (Å²) in [4.78, 5) is 23.1. The van der Waals surface area contributed by atoms with Crippen LogP contribution in [0.3, 0.4) is 0 Å². The maximum absolute atomic E-state index is 11.8. The van der Waals surface area contributed by atoms with E-state index in [0.29, 0.717) is 25.7 Å². The Hall–Kier alpha value is 2.12. The molecule has 10 heteroatoms. The molecule has 0 bridgehead atoms. The Morgan fingerprint density at radius 2 is 1.27 bits per heavy atom. The number of rotatable bonds is 14. The Bertz CT molecular complexity index is 497. The van der Waals surface area contributed by atoms with Crippen molar-refractivity contribution in [3.63, 3.8) is 0 Å². The summed E-state index contributed by atoms with van der Waals surface area (Å²) in [7, 11) is -5.14. The Morgan fingerprint density at radius 1 is 0.885 bits per heavy atom. The summed E-state index contributed by atoms with van der Waals surface area (Å²) in [6, 6.07) is 0. The van der Waals surface area contributed by atoms with Crippen LogP contribution in [0.4, 0.5) is 0 Å². The fourth-order valence-electron chi connectivity index (χ4n) is 3.07. The van der Waals surface area contributed by atoms with E-state index in [4.69, 9.17) is 0 Å². The van der Waals surface area contributed by atoms with Gasteiger partial charge >= 0.3 is 103 Å². The van der Waals surface area contributed by atoms with Gasteiger partial charge in [0.05, 0.1) is 5.97 Å². The van der Waals surface area contributed by atoms with Gasteiger partial charge in [-0.05, 0) is 12.8 Å². The van der Waals surface area contributed by atoms with Crippen molar-refractivity contribution < 1.29 is 136 Å². The predicted octanol–water partition coefficient (Wildman–Crippen LogP) is -5.32. The van der Waals surface area contributed by atoms with Crippen molar-refractivity contribution in [1.82, 2.24) is 0 Å². The summed E-state index contributed by atoms with van der Waals surface area (Å²) >= 11 is 0. The molecule has 0 aromatic carbocycles. The summed E-state index contributed by atoms with van der Waals surface area (Å²) in [5.41, 5.74) is -2.17. The van der Waals surface area contributed by atoms with Crippen molar-refractivity contribution in [3.8, 4) is 0 Å². The summed E-state index contributed by atoms with van der Waals surface area (Å²) in [6.45, 7) is 3.91. The molecule has 142 valence electrons. The van der Waals surface area contributed by atoms with E-state index in [0.717, 1.165) is 25.7 Å². The monoisotopic (exact) mass is 442 g/mol. The number of hydrogen-bond acceptors (Lipinski definition) is 6. The Balaban J connectivity index is -0.00000264. The molecule has 0 aromatic heterocycles. The van der Waals surface area contributed by atoms with Crippen LogP contribution < -0.4 is 113 Å². The van der Waals surface area contributed by atoms with Crippen molar-refractivity contribution in [2.45, 2.75) is 83.3 Å². The van der Waals surface area contributed by atoms with E-state index < -0.39 is 32.7 Å². The smallest absolute Gasteiger partial charge is 0.549 e. The second-order valence-corrected chi connectivity index (χ2v) is 7.78. The van der Waals surface area contributed by atoms with Crippen LogP contribution in [0.2, 0.25) is 0 Å². The first kappa shape index (κ1) is 32.8. The third kappa shape index (κ3) is 11.3. The largest absolute Gasteiger partial charge is 1.00 e. The molecule has 0 aliphatic rings. The number of hydrogen-bond donors (Lipinski definition) is 1. The molecule has 0 heterocycles. The van der Waals surface area contributed by atoms with Gasteiger partial charge in [-0.2, -0.15) is 8.42 Å². The second kappa shape index (κ2) is 16.9. The van der Waals surface area contributed by atoms with Crippen LogP contribution in [-0.2, 0) is 19.7 Å². The van der Waals surface area contributed by atoms with Gasteiger partial charge in [0.1, 0.15) is 5.25 Å². The molecule has 0 saturated heterocycles. The number of carbonyl (C=O) groups excluding carboxylic acids is 2. The Kier molecular flexibility index (Phi) is 21.3. The molecule has 0 saturated carbocycles. The van der Waals surface area contributed by atoms with Crippen molar-refractivity contribution in [2.75, 3.05) is 0 Å². The molecule has 1 N–H and O–H groups in total. The van der Waals surface area contributed by atoms with Crippen LogP contribution in [0, 0.1) is 5.41 Å². The minimum Gasteiger partial charge on any atom is -0.549 e. The van der Waals surface area contributed by atoms with Crippen LogP contribution in [-0.4, -0.2) is 30.2 Å². The second-order valence-electron chi connectivity index (χ2n) is 6.28. The van der Waals surface area contributed by atoms with E-state index in [1.54, 1.807) is 0 Å². The number of unbranched alkanes of at least 4 members (excludes halogenated alkanes) is 6. The van der Waals surface area contributed by atoms with Gasteiger partial charge in [-0.1, -0.05) is 65.2 Å². The molecular formula is C16H28K2O7S. The molecule has 1 atom stereocenters. The van der Waals surface area contributed by atoms with Crippen molar-refractivity contribution in [2.24, 2.45) is 5.41 Å². The van der Waals surface area contributed by atoms with Gasteiger partial charge in [0.25, 0.3) is 10.1 Å².